The topological polar surface area (TPSA) is 68.2 Å². The molecule has 1 atom stereocenters. The fraction of sp³-hybridized carbons (Fsp3) is 0.375. The molecule has 0 unspecified atom stereocenters. The molecule has 0 spiro atoms. The van der Waals surface area contributed by atoms with E-state index in [0.717, 1.165) is 35.1 Å². The average Bonchev–Trinajstić information content (AvgIpc) is 3.06. The SMILES string of the molecule is C[C@@H]1CCCN(Cc2c(O)ccc3c2O/C(=C\c2cc(Br)cc4c2OCOC4)C3=O)C1. The number of rotatable bonds is 3. The molecular formula is C24H24BrNO5. The number of phenolic OH excluding ortho intramolecular Hbond substituents is 1. The van der Waals surface area contributed by atoms with Crippen molar-refractivity contribution in [2.24, 2.45) is 5.92 Å². The summed E-state index contributed by atoms with van der Waals surface area (Å²) in [6.07, 6.45) is 4.07. The third-order valence-electron chi connectivity index (χ3n) is 6.03. The first-order valence-corrected chi connectivity index (χ1v) is 11.3. The molecule has 1 saturated heterocycles. The summed E-state index contributed by atoms with van der Waals surface area (Å²) in [4.78, 5) is 15.4. The Hall–Kier alpha value is -2.35. The third-order valence-corrected chi connectivity index (χ3v) is 6.49. The smallest absolute Gasteiger partial charge is 0.231 e. The lowest BCUT2D eigenvalue weighted by Crippen LogP contribution is -2.33. The number of hydrogen-bond donors (Lipinski definition) is 1. The van der Waals surface area contributed by atoms with Gasteiger partial charge in [-0.2, -0.15) is 0 Å². The first-order valence-electron chi connectivity index (χ1n) is 10.5. The molecule has 3 aliphatic heterocycles. The fourth-order valence-corrected chi connectivity index (χ4v) is 5.08. The maximum atomic E-state index is 13.1. The molecule has 0 amide bonds. The molecule has 6 nitrogen and oxygen atoms in total. The monoisotopic (exact) mass is 485 g/mol. The van der Waals surface area contributed by atoms with Crippen LogP contribution in [0.2, 0.25) is 0 Å². The summed E-state index contributed by atoms with van der Waals surface area (Å²) in [7, 11) is 0. The minimum atomic E-state index is -0.191. The van der Waals surface area contributed by atoms with E-state index in [2.05, 4.69) is 27.8 Å². The van der Waals surface area contributed by atoms with E-state index in [1.807, 2.05) is 12.1 Å². The summed E-state index contributed by atoms with van der Waals surface area (Å²) in [5.74, 6) is 1.97. The second-order valence-electron chi connectivity index (χ2n) is 8.46. The Balaban J connectivity index is 1.49. The molecule has 0 aromatic heterocycles. The highest BCUT2D eigenvalue weighted by molar-refractivity contribution is 9.10. The quantitative estimate of drug-likeness (QED) is 0.625. The molecule has 1 N–H and O–H groups in total. The number of fused-ring (bicyclic) bond motifs is 2. The van der Waals surface area contributed by atoms with E-state index in [4.69, 9.17) is 14.2 Å². The average molecular weight is 486 g/mol. The highest BCUT2D eigenvalue weighted by Crippen LogP contribution is 2.41. The van der Waals surface area contributed by atoms with Crippen LogP contribution >= 0.6 is 15.9 Å². The molecule has 0 radical (unpaired) electrons. The van der Waals surface area contributed by atoms with Gasteiger partial charge in [0.05, 0.1) is 17.7 Å². The largest absolute Gasteiger partial charge is 0.507 e. The van der Waals surface area contributed by atoms with E-state index < -0.39 is 0 Å². The minimum Gasteiger partial charge on any atom is -0.507 e. The van der Waals surface area contributed by atoms with E-state index in [1.165, 1.54) is 6.42 Å². The van der Waals surface area contributed by atoms with Gasteiger partial charge in [-0.1, -0.05) is 22.9 Å². The van der Waals surface area contributed by atoms with Crippen LogP contribution in [0.4, 0.5) is 0 Å². The lowest BCUT2D eigenvalue weighted by Gasteiger charge is -2.31. The molecule has 31 heavy (non-hydrogen) atoms. The van der Waals surface area contributed by atoms with Gasteiger partial charge < -0.3 is 19.3 Å². The van der Waals surface area contributed by atoms with Crippen molar-refractivity contribution in [3.05, 3.63) is 56.8 Å². The number of allylic oxidation sites excluding steroid dienone is 1. The van der Waals surface area contributed by atoms with Crippen molar-refractivity contribution in [1.29, 1.82) is 0 Å². The number of benzene rings is 2. The molecule has 7 heteroatoms. The Morgan fingerprint density at radius 3 is 3.00 bits per heavy atom. The normalized spacial score (nSPS) is 22.1. The van der Waals surface area contributed by atoms with Gasteiger partial charge in [-0.15, -0.1) is 0 Å². The summed E-state index contributed by atoms with van der Waals surface area (Å²) in [6, 6.07) is 7.06. The van der Waals surface area contributed by atoms with Gasteiger partial charge in [0.25, 0.3) is 0 Å². The van der Waals surface area contributed by atoms with E-state index in [9.17, 15) is 9.90 Å². The number of Topliss-reactive ketones (excluding diaryl/α,β-unsaturated/α-hetero) is 1. The number of hydrogen-bond acceptors (Lipinski definition) is 6. The number of aromatic hydroxyl groups is 1. The Kier molecular flexibility index (Phi) is 5.50. The van der Waals surface area contributed by atoms with Crippen LogP contribution < -0.4 is 9.47 Å². The summed E-state index contributed by atoms with van der Waals surface area (Å²) in [5.41, 5.74) is 2.81. The van der Waals surface area contributed by atoms with Crippen molar-refractivity contribution in [3.8, 4) is 17.2 Å². The van der Waals surface area contributed by atoms with Crippen molar-refractivity contribution in [2.75, 3.05) is 19.9 Å². The van der Waals surface area contributed by atoms with Crippen LogP contribution in [0.5, 0.6) is 17.2 Å². The van der Waals surface area contributed by atoms with Crippen LogP contribution in [-0.4, -0.2) is 35.7 Å². The standard InChI is InChI=1S/C24H24BrNO5/c1-14-3-2-6-26(10-14)11-19-20(27)5-4-18-22(28)21(31-24(18)19)9-15-7-17(25)8-16-12-29-13-30-23(15)16/h4-5,7-9,14,27H,2-3,6,10-13H2,1H3/b21-9-/t14-/m1/s1. The number of carbonyl (C=O) groups excluding carboxylic acids is 1. The summed E-state index contributed by atoms with van der Waals surface area (Å²) in [6.45, 7) is 5.39. The first kappa shape index (κ1) is 20.5. The molecule has 5 rings (SSSR count). The number of nitrogens with zero attached hydrogens (tertiary/aromatic N) is 1. The highest BCUT2D eigenvalue weighted by atomic mass is 79.9. The zero-order chi connectivity index (χ0) is 21.5. The predicted molar refractivity (Wildman–Crippen MR) is 119 cm³/mol. The van der Waals surface area contributed by atoms with Crippen LogP contribution in [0.15, 0.2) is 34.5 Å². The summed E-state index contributed by atoms with van der Waals surface area (Å²) >= 11 is 3.51. The molecule has 1 fully saturated rings. The van der Waals surface area contributed by atoms with Crippen LogP contribution in [-0.2, 0) is 17.9 Å². The lowest BCUT2D eigenvalue weighted by molar-refractivity contribution is -0.0165. The predicted octanol–water partition coefficient (Wildman–Crippen LogP) is 4.87. The lowest BCUT2D eigenvalue weighted by atomic mass is 9.99. The number of piperidine rings is 1. The van der Waals surface area contributed by atoms with Gasteiger partial charge in [0.2, 0.25) is 5.78 Å². The minimum absolute atomic E-state index is 0.159. The van der Waals surface area contributed by atoms with Crippen molar-refractivity contribution in [2.45, 2.75) is 32.9 Å². The molecule has 0 saturated carbocycles. The van der Waals surface area contributed by atoms with E-state index >= 15 is 0 Å². The van der Waals surface area contributed by atoms with Crippen LogP contribution in [0.25, 0.3) is 6.08 Å². The highest BCUT2D eigenvalue weighted by Gasteiger charge is 2.32. The maximum absolute atomic E-state index is 13.1. The molecule has 3 aliphatic rings. The van der Waals surface area contributed by atoms with Gasteiger partial charge in [-0.25, -0.2) is 0 Å². The molecular weight excluding hydrogens is 462 g/mol. The number of carbonyl (C=O) groups is 1. The number of ether oxygens (including phenoxy) is 3. The van der Waals surface area contributed by atoms with Gasteiger partial charge >= 0.3 is 0 Å². The number of phenols is 1. The molecule has 3 heterocycles. The van der Waals surface area contributed by atoms with Crippen molar-refractivity contribution >= 4 is 27.8 Å². The van der Waals surface area contributed by atoms with E-state index in [0.29, 0.717) is 41.7 Å². The third kappa shape index (κ3) is 3.97. The van der Waals surface area contributed by atoms with E-state index in [-0.39, 0.29) is 24.1 Å². The van der Waals surface area contributed by atoms with Gasteiger partial charge in [-0.05, 0) is 55.6 Å². The van der Waals surface area contributed by atoms with Gasteiger partial charge in [0.15, 0.2) is 12.6 Å². The van der Waals surface area contributed by atoms with Crippen LogP contribution in [0, 0.1) is 5.92 Å². The van der Waals surface area contributed by atoms with Crippen LogP contribution in [0.3, 0.4) is 0 Å². The molecule has 0 bridgehead atoms. The van der Waals surface area contributed by atoms with Crippen molar-refractivity contribution in [3.63, 3.8) is 0 Å². The number of ketones is 1. The first-order chi connectivity index (χ1) is 15.0. The van der Waals surface area contributed by atoms with Crippen molar-refractivity contribution < 1.29 is 24.1 Å². The van der Waals surface area contributed by atoms with Crippen molar-refractivity contribution in [1.82, 2.24) is 4.90 Å². The second kappa shape index (κ2) is 8.30. The molecule has 2 aromatic carbocycles. The number of likely N-dealkylation sites (tertiary alicyclic amines) is 1. The zero-order valence-electron chi connectivity index (χ0n) is 17.3. The summed E-state index contributed by atoms with van der Waals surface area (Å²) < 4.78 is 18.0. The summed E-state index contributed by atoms with van der Waals surface area (Å²) in [5, 5.41) is 10.6. The molecule has 2 aromatic rings. The Morgan fingerprint density at radius 1 is 1.29 bits per heavy atom. The molecule has 0 aliphatic carbocycles. The van der Waals surface area contributed by atoms with Gasteiger partial charge in [0.1, 0.15) is 17.2 Å². The Labute approximate surface area is 189 Å². The molecule has 162 valence electrons. The van der Waals surface area contributed by atoms with Gasteiger partial charge in [0, 0.05) is 28.7 Å². The van der Waals surface area contributed by atoms with E-state index in [1.54, 1.807) is 18.2 Å². The number of halogens is 1. The van der Waals surface area contributed by atoms with Crippen LogP contribution in [0.1, 0.15) is 46.8 Å². The maximum Gasteiger partial charge on any atom is 0.231 e. The van der Waals surface area contributed by atoms with Gasteiger partial charge in [-0.3, -0.25) is 9.69 Å². The Bertz CT molecular complexity index is 1080. The second-order valence-corrected chi connectivity index (χ2v) is 9.37. The zero-order valence-corrected chi connectivity index (χ0v) is 18.9. The Morgan fingerprint density at radius 2 is 2.16 bits per heavy atom. The fourth-order valence-electron chi connectivity index (χ4n) is 4.56.